The van der Waals surface area contributed by atoms with Gasteiger partial charge in [-0.15, -0.1) is 0 Å². The molecule has 1 aromatic carbocycles. The molecule has 3 heterocycles. The quantitative estimate of drug-likeness (QED) is 0.633. The van der Waals surface area contributed by atoms with E-state index in [4.69, 9.17) is 0 Å². The van der Waals surface area contributed by atoms with E-state index < -0.39 is 23.4 Å². The first kappa shape index (κ1) is 19.9. The second-order valence-electron chi connectivity index (χ2n) is 8.40. The maximum Gasteiger partial charge on any atom is 0.262 e. The van der Waals surface area contributed by atoms with Crippen molar-refractivity contribution in [2.75, 3.05) is 13.1 Å². The number of carbonyl (C=O) groups excluding carboxylic acids is 3. The molecule has 0 spiro atoms. The van der Waals surface area contributed by atoms with Gasteiger partial charge in [-0.25, -0.2) is 8.78 Å². The van der Waals surface area contributed by atoms with Gasteiger partial charge in [-0.2, -0.15) is 0 Å². The molecule has 2 saturated heterocycles. The Morgan fingerprint density at radius 1 is 1.28 bits per heavy atom. The zero-order chi connectivity index (χ0) is 20.8. The maximum absolute atomic E-state index is 13.5. The van der Waals surface area contributed by atoms with Gasteiger partial charge >= 0.3 is 0 Å². The molecule has 29 heavy (non-hydrogen) atoms. The molecule has 0 saturated carbocycles. The number of carbonyl (C=O) groups is 3. The standard InChI is InChI=1S/C20H24F2N4O3/c1-19(9-20(21,22)11-24-19)10-23-7-12-3-2-4-13-8-26(18(29)16(12)13)14-5-6-15(27)25-17(14)28/h2-4,14,23-24H,5-11H2,1H3,(H,25,27,28). The van der Waals surface area contributed by atoms with E-state index in [1.165, 1.54) is 4.90 Å². The highest BCUT2D eigenvalue weighted by molar-refractivity contribution is 6.05. The molecular formula is C20H24F2N4O3. The highest BCUT2D eigenvalue weighted by atomic mass is 19.3. The second kappa shape index (κ2) is 7.14. The van der Waals surface area contributed by atoms with E-state index in [9.17, 15) is 23.2 Å². The van der Waals surface area contributed by atoms with Crippen LogP contribution in [0.3, 0.4) is 0 Å². The zero-order valence-electron chi connectivity index (χ0n) is 16.2. The Labute approximate surface area is 167 Å². The van der Waals surface area contributed by atoms with E-state index in [1.54, 1.807) is 6.92 Å². The molecule has 3 aliphatic heterocycles. The zero-order valence-corrected chi connectivity index (χ0v) is 16.2. The third kappa shape index (κ3) is 3.89. The molecule has 3 amide bonds. The van der Waals surface area contributed by atoms with Crippen molar-refractivity contribution in [1.29, 1.82) is 0 Å². The van der Waals surface area contributed by atoms with E-state index in [-0.39, 0.29) is 31.2 Å². The average Bonchev–Trinajstić information content (AvgIpc) is 3.12. The summed E-state index contributed by atoms with van der Waals surface area (Å²) in [6.45, 7) is 2.45. The van der Waals surface area contributed by atoms with Gasteiger partial charge in [-0.1, -0.05) is 18.2 Å². The molecule has 2 atom stereocenters. The van der Waals surface area contributed by atoms with E-state index in [0.717, 1.165) is 11.1 Å². The summed E-state index contributed by atoms with van der Waals surface area (Å²) in [6, 6.07) is 4.87. The Morgan fingerprint density at radius 3 is 2.76 bits per heavy atom. The second-order valence-corrected chi connectivity index (χ2v) is 8.40. The Balaban J connectivity index is 1.44. The molecule has 3 aliphatic rings. The number of imide groups is 1. The molecule has 0 aromatic heterocycles. The van der Waals surface area contributed by atoms with Crippen molar-refractivity contribution in [2.45, 2.75) is 56.8 Å². The van der Waals surface area contributed by atoms with Crippen molar-refractivity contribution in [3.05, 3.63) is 34.9 Å². The predicted octanol–water partition coefficient (Wildman–Crippen LogP) is 0.924. The molecule has 0 bridgehead atoms. The van der Waals surface area contributed by atoms with E-state index >= 15 is 0 Å². The summed E-state index contributed by atoms with van der Waals surface area (Å²) >= 11 is 0. The number of nitrogens with zero attached hydrogens (tertiary/aromatic N) is 1. The Morgan fingerprint density at radius 2 is 2.07 bits per heavy atom. The van der Waals surface area contributed by atoms with Crippen LogP contribution >= 0.6 is 0 Å². The summed E-state index contributed by atoms with van der Waals surface area (Å²) in [5.41, 5.74) is 1.45. The first-order chi connectivity index (χ1) is 13.7. The van der Waals surface area contributed by atoms with Crippen molar-refractivity contribution in [3.63, 3.8) is 0 Å². The van der Waals surface area contributed by atoms with Crippen molar-refractivity contribution in [2.24, 2.45) is 0 Å². The topological polar surface area (TPSA) is 90.5 Å². The first-order valence-corrected chi connectivity index (χ1v) is 9.76. The van der Waals surface area contributed by atoms with Gasteiger partial charge in [0.25, 0.3) is 11.8 Å². The highest BCUT2D eigenvalue weighted by Gasteiger charge is 2.46. The van der Waals surface area contributed by atoms with Gasteiger partial charge in [0, 0.05) is 43.6 Å². The summed E-state index contributed by atoms with van der Waals surface area (Å²) in [5.74, 6) is -3.70. The fourth-order valence-corrected chi connectivity index (χ4v) is 4.47. The number of fused-ring (bicyclic) bond motifs is 1. The number of alkyl halides is 2. The van der Waals surface area contributed by atoms with Crippen molar-refractivity contribution in [1.82, 2.24) is 20.9 Å². The lowest BCUT2D eigenvalue weighted by Crippen LogP contribution is -2.52. The van der Waals surface area contributed by atoms with E-state index in [2.05, 4.69) is 16.0 Å². The first-order valence-electron chi connectivity index (χ1n) is 9.76. The van der Waals surface area contributed by atoms with Crippen molar-refractivity contribution >= 4 is 17.7 Å². The lowest BCUT2D eigenvalue weighted by molar-refractivity contribution is -0.136. The Hall–Kier alpha value is -2.39. The molecule has 4 rings (SSSR count). The molecule has 2 unspecified atom stereocenters. The van der Waals surface area contributed by atoms with Crippen LogP contribution < -0.4 is 16.0 Å². The van der Waals surface area contributed by atoms with Gasteiger partial charge < -0.3 is 15.5 Å². The molecular weight excluding hydrogens is 382 g/mol. The summed E-state index contributed by atoms with van der Waals surface area (Å²) < 4.78 is 27.0. The molecule has 9 heteroatoms. The van der Waals surface area contributed by atoms with Crippen LogP contribution in [0.2, 0.25) is 0 Å². The molecule has 2 fully saturated rings. The minimum Gasteiger partial charge on any atom is -0.322 e. The number of rotatable bonds is 5. The van der Waals surface area contributed by atoms with E-state index in [1.807, 2.05) is 18.2 Å². The van der Waals surface area contributed by atoms with Crippen molar-refractivity contribution < 1.29 is 23.2 Å². The Bertz CT molecular complexity index is 875. The smallest absolute Gasteiger partial charge is 0.262 e. The molecule has 1 aromatic rings. The SMILES string of the molecule is CC1(CNCc2cccc3c2C(=O)N(C2CCC(=O)NC2=O)C3)CC(F)(F)CN1. The van der Waals surface area contributed by atoms with Gasteiger partial charge in [0.2, 0.25) is 11.8 Å². The van der Waals surface area contributed by atoms with Gasteiger partial charge in [0.1, 0.15) is 6.04 Å². The summed E-state index contributed by atoms with van der Waals surface area (Å²) in [5, 5.41) is 8.35. The van der Waals surface area contributed by atoms with Crippen LogP contribution in [-0.2, 0) is 22.7 Å². The number of benzene rings is 1. The normalized spacial score (nSPS) is 28.6. The van der Waals surface area contributed by atoms with Gasteiger partial charge in [0.15, 0.2) is 0 Å². The van der Waals surface area contributed by atoms with Crippen molar-refractivity contribution in [3.8, 4) is 0 Å². The molecule has 3 N–H and O–H groups in total. The molecule has 0 radical (unpaired) electrons. The number of halogens is 2. The van der Waals surface area contributed by atoms with Crippen LogP contribution in [-0.4, -0.2) is 53.2 Å². The fourth-order valence-electron chi connectivity index (χ4n) is 4.47. The van der Waals surface area contributed by atoms with Crippen LogP contribution in [0.1, 0.15) is 47.7 Å². The third-order valence-corrected chi connectivity index (χ3v) is 5.89. The number of hydrogen-bond acceptors (Lipinski definition) is 5. The maximum atomic E-state index is 13.5. The number of nitrogens with one attached hydrogen (secondary N) is 3. The Kier molecular flexibility index (Phi) is 4.90. The third-order valence-electron chi connectivity index (χ3n) is 5.89. The summed E-state index contributed by atoms with van der Waals surface area (Å²) in [6.07, 6.45) is 0.291. The lowest BCUT2D eigenvalue weighted by Gasteiger charge is -2.29. The minimum atomic E-state index is -2.71. The molecule has 7 nitrogen and oxygen atoms in total. The average molecular weight is 406 g/mol. The lowest BCUT2D eigenvalue weighted by atomic mass is 9.98. The largest absolute Gasteiger partial charge is 0.322 e. The number of amides is 3. The van der Waals surface area contributed by atoms with Crippen LogP contribution in [0, 0.1) is 0 Å². The van der Waals surface area contributed by atoms with Crippen LogP contribution in [0.4, 0.5) is 8.78 Å². The fraction of sp³-hybridized carbons (Fsp3) is 0.550. The summed E-state index contributed by atoms with van der Waals surface area (Å²) in [4.78, 5) is 38.1. The highest BCUT2D eigenvalue weighted by Crippen LogP contribution is 2.32. The minimum absolute atomic E-state index is 0.209. The summed E-state index contributed by atoms with van der Waals surface area (Å²) in [7, 11) is 0. The number of piperidine rings is 1. The molecule has 0 aliphatic carbocycles. The van der Waals surface area contributed by atoms with Gasteiger partial charge in [-0.3, -0.25) is 19.7 Å². The van der Waals surface area contributed by atoms with Crippen LogP contribution in [0.5, 0.6) is 0 Å². The molecule has 156 valence electrons. The van der Waals surface area contributed by atoms with Crippen LogP contribution in [0.25, 0.3) is 0 Å². The van der Waals surface area contributed by atoms with Crippen LogP contribution in [0.15, 0.2) is 18.2 Å². The van der Waals surface area contributed by atoms with Gasteiger partial charge in [-0.05, 0) is 24.5 Å². The number of hydrogen-bond donors (Lipinski definition) is 3. The predicted molar refractivity (Wildman–Crippen MR) is 100 cm³/mol. The van der Waals surface area contributed by atoms with Gasteiger partial charge in [0.05, 0.1) is 6.54 Å². The monoisotopic (exact) mass is 406 g/mol. The van der Waals surface area contributed by atoms with E-state index in [0.29, 0.717) is 31.6 Å².